The molecule has 182 valence electrons. The number of allylic oxidation sites excluding steroid dienone is 3. The minimum absolute atomic E-state index is 0.954. The Balaban J connectivity index is 1.62. The van der Waals surface area contributed by atoms with E-state index in [1.807, 2.05) is 0 Å². The van der Waals surface area contributed by atoms with E-state index < -0.39 is 0 Å². The van der Waals surface area contributed by atoms with Crippen LogP contribution in [0.2, 0.25) is 0 Å². The lowest BCUT2D eigenvalue weighted by molar-refractivity contribution is 0.941. The van der Waals surface area contributed by atoms with Crippen LogP contribution in [0.3, 0.4) is 0 Å². The second-order valence-corrected chi connectivity index (χ2v) is 9.73. The molecule has 0 unspecified atom stereocenters. The smallest absolute Gasteiger partial charge is 0.0461 e. The van der Waals surface area contributed by atoms with E-state index >= 15 is 0 Å². The van der Waals surface area contributed by atoms with Crippen LogP contribution in [0.4, 0.5) is 17.1 Å². The molecule has 2 aliphatic rings. The first-order chi connectivity index (χ1) is 18.3. The van der Waals surface area contributed by atoms with Crippen molar-refractivity contribution in [3.05, 3.63) is 149 Å². The van der Waals surface area contributed by atoms with Crippen LogP contribution >= 0.6 is 0 Å². The molecule has 0 aliphatic heterocycles. The fourth-order valence-electron chi connectivity index (χ4n) is 5.57. The van der Waals surface area contributed by atoms with Gasteiger partial charge in [0, 0.05) is 44.6 Å². The molecule has 0 spiro atoms. The first-order valence-corrected chi connectivity index (χ1v) is 13.2. The maximum atomic E-state index is 2.48. The van der Waals surface area contributed by atoms with E-state index in [9.17, 15) is 0 Å². The number of benzene rings is 4. The van der Waals surface area contributed by atoms with Gasteiger partial charge < -0.3 is 9.80 Å². The molecule has 0 fully saturated rings. The van der Waals surface area contributed by atoms with Gasteiger partial charge in [-0.25, -0.2) is 0 Å². The first kappa shape index (κ1) is 23.1. The standard InChI is InChI=1S/C35H32N2/c1-27-14-13-21-31(26-27)37(30-19-9-4-10-20-30)35-25-24-34(32-22-11-12-23-33(32)35)36(28-15-5-2-6-16-28)29-17-7-3-8-18-29/h2,4-7,9-23,26H,3,8,24-25H2,1H3. The van der Waals surface area contributed by atoms with Crippen LogP contribution in [0.5, 0.6) is 0 Å². The Bertz CT molecular complexity index is 1580. The van der Waals surface area contributed by atoms with Crippen molar-refractivity contribution in [2.75, 3.05) is 9.80 Å². The lowest BCUT2D eigenvalue weighted by atomic mass is 9.97. The molecule has 4 aromatic rings. The molecule has 0 heterocycles. The highest BCUT2D eigenvalue weighted by Gasteiger charge is 2.24. The van der Waals surface area contributed by atoms with E-state index in [0.717, 1.165) is 25.7 Å². The van der Waals surface area contributed by atoms with Gasteiger partial charge in [-0.3, -0.25) is 0 Å². The van der Waals surface area contributed by atoms with E-state index in [-0.39, 0.29) is 0 Å². The van der Waals surface area contributed by atoms with Gasteiger partial charge in [-0.1, -0.05) is 84.9 Å². The fraction of sp³-hybridized carbons (Fsp3) is 0.143. The summed E-state index contributed by atoms with van der Waals surface area (Å²) in [4.78, 5) is 4.93. The largest absolute Gasteiger partial charge is 0.314 e. The molecule has 2 nitrogen and oxygen atoms in total. The zero-order chi connectivity index (χ0) is 25.0. The normalized spacial score (nSPS) is 14.7. The summed E-state index contributed by atoms with van der Waals surface area (Å²) >= 11 is 0. The average molecular weight is 481 g/mol. The highest BCUT2D eigenvalue weighted by molar-refractivity contribution is 5.84. The predicted molar refractivity (Wildman–Crippen MR) is 157 cm³/mol. The number of fused-ring (bicyclic) bond motifs is 1. The Morgan fingerprint density at radius 1 is 0.541 bits per heavy atom. The molecular formula is C35H32N2. The van der Waals surface area contributed by atoms with Gasteiger partial charge in [0.2, 0.25) is 0 Å². The zero-order valence-electron chi connectivity index (χ0n) is 21.3. The molecule has 2 heteroatoms. The molecule has 6 rings (SSSR count). The number of aryl methyl sites for hydroxylation is 1. The maximum absolute atomic E-state index is 2.48. The zero-order valence-corrected chi connectivity index (χ0v) is 21.3. The highest BCUT2D eigenvalue weighted by Crippen LogP contribution is 2.36. The van der Waals surface area contributed by atoms with Crippen LogP contribution in [0, 0.1) is 6.92 Å². The molecule has 4 aromatic carbocycles. The Morgan fingerprint density at radius 2 is 1.11 bits per heavy atom. The monoisotopic (exact) mass is 480 g/mol. The second kappa shape index (κ2) is 10.4. The van der Waals surface area contributed by atoms with Crippen LogP contribution in [-0.2, 0) is 0 Å². The molecule has 0 bridgehead atoms. The van der Waals surface area contributed by atoms with Gasteiger partial charge in [0.05, 0.1) is 0 Å². The maximum Gasteiger partial charge on any atom is 0.0461 e. The van der Waals surface area contributed by atoms with Gasteiger partial charge >= 0.3 is 0 Å². The van der Waals surface area contributed by atoms with Crippen LogP contribution < -0.4 is 20.2 Å². The van der Waals surface area contributed by atoms with Gasteiger partial charge in [0.25, 0.3) is 0 Å². The van der Waals surface area contributed by atoms with E-state index in [4.69, 9.17) is 0 Å². The highest BCUT2D eigenvalue weighted by atomic mass is 15.2. The predicted octanol–water partition coefficient (Wildman–Crippen LogP) is 7.58. The van der Waals surface area contributed by atoms with Crippen molar-refractivity contribution >= 4 is 28.5 Å². The number of anilines is 3. The van der Waals surface area contributed by atoms with Crippen molar-refractivity contribution in [1.29, 1.82) is 0 Å². The summed E-state index contributed by atoms with van der Waals surface area (Å²) in [6.45, 7) is 2.17. The minimum Gasteiger partial charge on any atom is -0.314 e. The molecule has 0 N–H and O–H groups in total. The molecule has 2 aliphatic carbocycles. The van der Waals surface area contributed by atoms with Crippen LogP contribution in [0.25, 0.3) is 11.4 Å². The molecular weight excluding hydrogens is 448 g/mol. The Hall–Kier alpha value is -4.30. The van der Waals surface area contributed by atoms with E-state index in [2.05, 4.69) is 144 Å². The third kappa shape index (κ3) is 4.63. The topological polar surface area (TPSA) is 6.48 Å². The second-order valence-electron chi connectivity index (χ2n) is 9.73. The number of nitrogens with zero attached hydrogens (tertiary/aromatic N) is 2. The minimum atomic E-state index is 0.954. The number of hydrogen-bond acceptors (Lipinski definition) is 2. The summed E-state index contributed by atoms with van der Waals surface area (Å²) in [6, 6.07) is 39.4. The molecule has 0 saturated carbocycles. The van der Waals surface area contributed by atoms with Crippen LogP contribution in [0.1, 0.15) is 31.2 Å². The van der Waals surface area contributed by atoms with Crippen LogP contribution in [0.15, 0.2) is 133 Å². The van der Waals surface area contributed by atoms with Gasteiger partial charge in [-0.2, -0.15) is 0 Å². The molecule has 0 aromatic heterocycles. The first-order valence-electron chi connectivity index (χ1n) is 13.2. The summed E-state index contributed by atoms with van der Waals surface area (Å²) in [5.74, 6) is 0. The molecule has 37 heavy (non-hydrogen) atoms. The summed E-state index contributed by atoms with van der Waals surface area (Å²) in [5, 5.41) is 2.61. The van der Waals surface area contributed by atoms with Gasteiger partial charge in [-0.05, 0) is 80.6 Å². The summed E-state index contributed by atoms with van der Waals surface area (Å²) < 4.78 is 0. The van der Waals surface area contributed by atoms with Crippen molar-refractivity contribution in [3.8, 4) is 0 Å². The molecule has 0 amide bonds. The van der Waals surface area contributed by atoms with Crippen molar-refractivity contribution in [3.63, 3.8) is 0 Å². The fourth-order valence-corrected chi connectivity index (χ4v) is 5.57. The third-order valence-electron chi connectivity index (χ3n) is 7.21. The third-order valence-corrected chi connectivity index (χ3v) is 7.21. The van der Waals surface area contributed by atoms with Gasteiger partial charge in [-0.15, -0.1) is 0 Å². The molecule has 0 radical (unpaired) electrons. The summed E-state index contributed by atoms with van der Waals surface area (Å²) in [7, 11) is 0. The van der Waals surface area contributed by atoms with Gasteiger partial charge in [0.1, 0.15) is 0 Å². The number of para-hydroxylation sites is 2. The Labute approximate surface area is 219 Å². The van der Waals surface area contributed by atoms with Crippen molar-refractivity contribution in [2.24, 2.45) is 0 Å². The molecule has 0 atom stereocenters. The van der Waals surface area contributed by atoms with Crippen molar-refractivity contribution in [2.45, 2.75) is 32.6 Å². The molecule has 0 saturated heterocycles. The van der Waals surface area contributed by atoms with E-state index in [1.54, 1.807) is 0 Å². The quantitative estimate of drug-likeness (QED) is 0.281. The summed E-state index contributed by atoms with van der Waals surface area (Å²) in [6.07, 6.45) is 11.1. The number of hydrogen-bond donors (Lipinski definition) is 0. The Kier molecular flexibility index (Phi) is 6.47. The van der Waals surface area contributed by atoms with Crippen molar-refractivity contribution in [1.82, 2.24) is 0 Å². The van der Waals surface area contributed by atoms with E-state index in [0.29, 0.717) is 0 Å². The van der Waals surface area contributed by atoms with Crippen LogP contribution in [-0.4, -0.2) is 0 Å². The SMILES string of the molecule is Cc1cccc(N(C2=c3ccccc3=C(N(C3=CCCC=C3)c3ccccc3)CC2)c2ccccc2)c1. The van der Waals surface area contributed by atoms with Gasteiger partial charge in [0.15, 0.2) is 0 Å². The average Bonchev–Trinajstić information content (AvgIpc) is 2.96. The summed E-state index contributed by atoms with van der Waals surface area (Å²) in [5.41, 5.74) is 8.85. The Morgan fingerprint density at radius 3 is 1.70 bits per heavy atom. The lowest BCUT2D eigenvalue weighted by Gasteiger charge is -2.35. The number of rotatable bonds is 6. The lowest BCUT2D eigenvalue weighted by Crippen LogP contribution is -2.41. The van der Waals surface area contributed by atoms with Crippen molar-refractivity contribution < 1.29 is 0 Å². The van der Waals surface area contributed by atoms with E-state index in [1.165, 1.54) is 50.2 Å².